The summed E-state index contributed by atoms with van der Waals surface area (Å²) in [7, 11) is 0. The van der Waals surface area contributed by atoms with Crippen molar-refractivity contribution < 1.29 is 0 Å². The maximum Gasteiger partial charge on any atom is 0.0803 e. The van der Waals surface area contributed by atoms with Gasteiger partial charge in [-0.05, 0) is 80.2 Å². The van der Waals surface area contributed by atoms with Crippen LogP contribution in [-0.2, 0) is 0 Å². The molecule has 2 heteroatoms. The molecular formula is C46H30N2. The van der Waals surface area contributed by atoms with Crippen molar-refractivity contribution in [3.8, 4) is 22.3 Å². The van der Waals surface area contributed by atoms with E-state index in [2.05, 4.69) is 182 Å². The van der Waals surface area contributed by atoms with Gasteiger partial charge in [0.2, 0.25) is 0 Å². The molecule has 1 aliphatic heterocycles. The van der Waals surface area contributed by atoms with Crippen LogP contribution in [0.1, 0.15) is 22.3 Å². The number of rotatable bonds is 4. The number of para-hydroxylation sites is 2. The van der Waals surface area contributed by atoms with Gasteiger partial charge in [-0.2, -0.15) is 0 Å². The van der Waals surface area contributed by atoms with Crippen molar-refractivity contribution >= 4 is 44.3 Å². The van der Waals surface area contributed by atoms with Crippen LogP contribution in [0.25, 0.3) is 43.8 Å². The molecule has 8 aromatic carbocycles. The maximum absolute atomic E-state index is 5.40. The number of fused-ring (bicyclic) bond motifs is 4. The van der Waals surface area contributed by atoms with Crippen molar-refractivity contribution in [3.63, 3.8) is 0 Å². The molecule has 0 aliphatic carbocycles. The molecule has 0 amide bonds. The van der Waals surface area contributed by atoms with E-state index >= 15 is 0 Å². The SMILES string of the molecule is c1ccc(-c2ccc3cc(/C4=N/c5ccccc5/C(c5ccc6cc(-c7ccccc7)ccc6c5)=N\c5ccccc54)ccc3c2)cc1. The summed E-state index contributed by atoms with van der Waals surface area (Å²) < 4.78 is 0. The molecule has 0 spiro atoms. The molecule has 0 fully saturated rings. The minimum atomic E-state index is 0.903. The van der Waals surface area contributed by atoms with E-state index in [4.69, 9.17) is 9.98 Å². The van der Waals surface area contributed by atoms with Crippen LogP contribution >= 0.6 is 0 Å². The fourth-order valence-electron chi connectivity index (χ4n) is 6.75. The number of aliphatic imine (C=N–C) groups is 2. The second-order valence-corrected chi connectivity index (χ2v) is 12.2. The fraction of sp³-hybridized carbons (Fsp3) is 0. The molecule has 0 saturated heterocycles. The van der Waals surface area contributed by atoms with Crippen molar-refractivity contribution in [2.45, 2.75) is 0 Å². The third-order valence-corrected chi connectivity index (χ3v) is 9.22. The molecule has 1 aliphatic rings. The summed E-state index contributed by atoms with van der Waals surface area (Å²) in [5, 5.41) is 4.76. The van der Waals surface area contributed by atoms with E-state index in [0.29, 0.717) is 0 Å². The lowest BCUT2D eigenvalue weighted by Gasteiger charge is -2.18. The van der Waals surface area contributed by atoms with Crippen molar-refractivity contribution in [1.82, 2.24) is 0 Å². The second-order valence-electron chi connectivity index (χ2n) is 12.2. The second kappa shape index (κ2) is 11.8. The van der Waals surface area contributed by atoms with Crippen LogP contribution in [0.2, 0.25) is 0 Å². The summed E-state index contributed by atoms with van der Waals surface area (Å²) in [6, 6.07) is 64.4. The predicted octanol–water partition coefficient (Wildman–Crippen LogP) is 12.0. The number of nitrogens with zero attached hydrogens (tertiary/aromatic N) is 2. The molecule has 0 saturated carbocycles. The lowest BCUT2D eigenvalue weighted by molar-refractivity contribution is 1.39. The molecule has 2 nitrogen and oxygen atoms in total. The zero-order valence-corrected chi connectivity index (χ0v) is 26.2. The Morgan fingerprint density at radius 2 is 0.583 bits per heavy atom. The summed E-state index contributed by atoms with van der Waals surface area (Å²) in [4.78, 5) is 10.8. The molecule has 9 rings (SSSR count). The molecule has 0 atom stereocenters. The summed E-state index contributed by atoms with van der Waals surface area (Å²) >= 11 is 0. The van der Waals surface area contributed by atoms with Crippen LogP contribution in [0.15, 0.2) is 192 Å². The first-order valence-electron chi connectivity index (χ1n) is 16.3. The van der Waals surface area contributed by atoms with E-state index in [9.17, 15) is 0 Å². The standard InChI is InChI=1S/C46H30N2/c1-3-11-31(12-4-1)33-19-21-37-29-39(25-23-35(37)27-33)45-41-15-7-9-17-43(41)48-46(42-16-8-10-18-44(42)47-45)40-26-24-36-28-34(20-22-38(36)30-40)32-13-5-2-6-14-32/h1-30H/b45-41?,46-42?,47-44?,47-45-,48-43?,48-46-. The Balaban J connectivity index is 1.15. The van der Waals surface area contributed by atoms with Crippen molar-refractivity contribution in [1.29, 1.82) is 0 Å². The van der Waals surface area contributed by atoms with Crippen LogP contribution in [0.4, 0.5) is 11.4 Å². The molecule has 0 bridgehead atoms. The summed E-state index contributed by atoms with van der Waals surface area (Å²) in [5.74, 6) is 0. The Kier molecular flexibility index (Phi) is 6.84. The smallest absolute Gasteiger partial charge is 0.0803 e. The largest absolute Gasteiger partial charge is 0.247 e. The zero-order chi connectivity index (χ0) is 31.9. The van der Waals surface area contributed by atoms with E-state index < -0.39 is 0 Å². The van der Waals surface area contributed by atoms with Crippen LogP contribution in [-0.4, -0.2) is 11.4 Å². The lowest BCUT2D eigenvalue weighted by Crippen LogP contribution is -2.10. The first-order valence-corrected chi connectivity index (χ1v) is 16.3. The van der Waals surface area contributed by atoms with Gasteiger partial charge >= 0.3 is 0 Å². The zero-order valence-electron chi connectivity index (χ0n) is 26.2. The average Bonchev–Trinajstić information content (AvgIpc) is 3.15. The molecule has 0 N–H and O–H groups in total. The number of hydrogen-bond acceptors (Lipinski definition) is 2. The average molecular weight is 611 g/mol. The van der Waals surface area contributed by atoms with Crippen LogP contribution in [0.3, 0.4) is 0 Å². The Morgan fingerprint density at radius 1 is 0.250 bits per heavy atom. The number of benzene rings is 8. The first kappa shape index (κ1) is 27.9. The molecule has 8 aromatic rings. The monoisotopic (exact) mass is 610 g/mol. The Morgan fingerprint density at radius 3 is 1.00 bits per heavy atom. The van der Waals surface area contributed by atoms with Gasteiger partial charge in [0.25, 0.3) is 0 Å². The summed E-state index contributed by atoms with van der Waals surface area (Å²) in [5.41, 5.74) is 12.7. The van der Waals surface area contributed by atoms with E-state index in [-0.39, 0.29) is 0 Å². The van der Waals surface area contributed by atoms with Crippen molar-refractivity contribution in [2.75, 3.05) is 0 Å². The van der Waals surface area contributed by atoms with E-state index in [1.807, 2.05) is 0 Å². The fourth-order valence-corrected chi connectivity index (χ4v) is 6.75. The van der Waals surface area contributed by atoms with Crippen molar-refractivity contribution in [2.24, 2.45) is 9.98 Å². The highest BCUT2D eigenvalue weighted by atomic mass is 14.8. The molecule has 224 valence electrons. The molecule has 0 radical (unpaired) electrons. The highest BCUT2D eigenvalue weighted by molar-refractivity contribution is 6.23. The van der Waals surface area contributed by atoms with E-state index in [1.165, 1.54) is 43.8 Å². The van der Waals surface area contributed by atoms with Crippen LogP contribution in [0.5, 0.6) is 0 Å². The quantitative estimate of drug-likeness (QED) is 0.189. The normalized spacial score (nSPS) is 14.6. The Labute approximate surface area is 280 Å². The number of hydrogen-bond donors (Lipinski definition) is 0. The van der Waals surface area contributed by atoms with Gasteiger partial charge in [0.05, 0.1) is 22.8 Å². The van der Waals surface area contributed by atoms with Gasteiger partial charge in [0, 0.05) is 22.3 Å². The predicted molar refractivity (Wildman–Crippen MR) is 202 cm³/mol. The van der Waals surface area contributed by atoms with Gasteiger partial charge < -0.3 is 0 Å². The van der Waals surface area contributed by atoms with Crippen LogP contribution < -0.4 is 0 Å². The van der Waals surface area contributed by atoms with Gasteiger partial charge in [-0.3, -0.25) is 0 Å². The topological polar surface area (TPSA) is 24.7 Å². The minimum absolute atomic E-state index is 0.903. The third kappa shape index (κ3) is 5.10. The molecule has 0 aromatic heterocycles. The Bertz CT molecular complexity index is 2360. The van der Waals surface area contributed by atoms with Gasteiger partial charge in [0.15, 0.2) is 0 Å². The van der Waals surface area contributed by atoms with Gasteiger partial charge in [0.1, 0.15) is 0 Å². The first-order chi connectivity index (χ1) is 23.8. The van der Waals surface area contributed by atoms with Crippen LogP contribution in [0, 0.1) is 0 Å². The van der Waals surface area contributed by atoms with Gasteiger partial charge in [-0.25, -0.2) is 9.98 Å². The van der Waals surface area contributed by atoms with Gasteiger partial charge in [-0.1, -0.05) is 146 Å². The molecule has 0 unspecified atom stereocenters. The lowest BCUT2D eigenvalue weighted by atomic mass is 9.93. The molecular weight excluding hydrogens is 581 g/mol. The minimum Gasteiger partial charge on any atom is -0.247 e. The van der Waals surface area contributed by atoms with Gasteiger partial charge in [-0.15, -0.1) is 0 Å². The molecule has 48 heavy (non-hydrogen) atoms. The third-order valence-electron chi connectivity index (χ3n) is 9.22. The highest BCUT2D eigenvalue weighted by Gasteiger charge is 2.20. The summed E-state index contributed by atoms with van der Waals surface area (Å²) in [6.45, 7) is 0. The maximum atomic E-state index is 5.40. The highest BCUT2D eigenvalue weighted by Crippen LogP contribution is 2.35. The Hall–Kier alpha value is -6.38. The summed E-state index contributed by atoms with van der Waals surface area (Å²) in [6.07, 6.45) is 0. The van der Waals surface area contributed by atoms with E-state index in [1.54, 1.807) is 0 Å². The molecule has 1 heterocycles. The van der Waals surface area contributed by atoms with Crippen molar-refractivity contribution in [3.05, 3.63) is 204 Å². The van der Waals surface area contributed by atoms with E-state index in [0.717, 1.165) is 45.1 Å².